The summed E-state index contributed by atoms with van der Waals surface area (Å²) < 4.78 is 34.1. The molecule has 8 N–H and O–H groups in total. The van der Waals surface area contributed by atoms with Crippen LogP contribution in [0.4, 0.5) is 0 Å². The van der Waals surface area contributed by atoms with Crippen molar-refractivity contribution in [3.8, 4) is 0 Å². The first-order chi connectivity index (χ1) is 2.00. The van der Waals surface area contributed by atoms with E-state index in [1.807, 2.05) is 0 Å². The second-order valence-corrected chi connectivity index (χ2v) is 1.22. The Labute approximate surface area is 67.0 Å². The van der Waals surface area contributed by atoms with Gasteiger partial charge in [0.15, 0.2) is 0 Å². The van der Waals surface area contributed by atoms with E-state index < -0.39 is 10.4 Å². The molecule has 0 aromatic carbocycles. The fourth-order valence-corrected chi connectivity index (χ4v) is 0. The Bertz CT molecular complexity index is 92.4. The summed E-state index contributed by atoms with van der Waals surface area (Å²) in [6, 6.07) is 0. The number of rotatable bonds is 0. The molecular formula is H8NiO8S. The smallest absolute Gasteiger partial charge is 0.759 e. The molecule has 0 aromatic rings. The van der Waals surface area contributed by atoms with E-state index in [0.29, 0.717) is 0 Å². The van der Waals surface area contributed by atoms with Crippen LogP contribution in [0.2, 0.25) is 0 Å². The van der Waals surface area contributed by atoms with Crippen LogP contribution < -0.4 is 0 Å². The molecule has 0 bridgehead atoms. The summed E-state index contributed by atoms with van der Waals surface area (Å²) in [7, 11) is -5.17. The monoisotopic (exact) mass is 226 g/mol. The Balaban J connectivity index is -0.00000000800. The zero-order valence-corrected chi connectivity index (χ0v) is 6.16. The van der Waals surface area contributed by atoms with E-state index in [0.717, 1.165) is 0 Å². The molecule has 10 heteroatoms. The quantitative estimate of drug-likeness (QED) is 0.227. The topological polar surface area (TPSA) is 206 Å². The largest absolute Gasteiger partial charge is 2.00 e. The number of hydrogen-bond donors (Lipinski definition) is 0. The second kappa shape index (κ2) is 16.1. The maximum atomic E-state index is 8.52. The minimum absolute atomic E-state index is 0. The summed E-state index contributed by atoms with van der Waals surface area (Å²) in [5, 5.41) is 0. The van der Waals surface area contributed by atoms with Gasteiger partial charge in [0.05, 0.1) is 0 Å². The van der Waals surface area contributed by atoms with Gasteiger partial charge in [-0.05, 0) is 0 Å². The predicted octanol–water partition coefficient (Wildman–Crippen LogP) is -4.64. The van der Waals surface area contributed by atoms with Crippen molar-refractivity contribution in [2.45, 2.75) is 0 Å². The average molecular weight is 227 g/mol. The van der Waals surface area contributed by atoms with Gasteiger partial charge >= 0.3 is 16.5 Å². The summed E-state index contributed by atoms with van der Waals surface area (Å²) >= 11 is 0. The van der Waals surface area contributed by atoms with Gasteiger partial charge in [-0.1, -0.05) is 0 Å². The first-order valence-electron chi connectivity index (χ1n) is 0.667. The van der Waals surface area contributed by atoms with Crippen molar-refractivity contribution in [3.05, 3.63) is 0 Å². The Kier molecular flexibility index (Phi) is 78.7. The summed E-state index contributed by atoms with van der Waals surface area (Å²) in [6.45, 7) is 0. The van der Waals surface area contributed by atoms with Crippen LogP contribution in [0, 0.1) is 0 Å². The van der Waals surface area contributed by atoms with Gasteiger partial charge in [0.25, 0.3) is 0 Å². The Morgan fingerprint density at radius 2 is 0.800 bits per heavy atom. The first kappa shape index (κ1) is 48.9. The molecule has 0 spiro atoms. The normalized spacial score (nSPS) is 5.80. The molecule has 72 valence electrons. The molecule has 0 atom stereocenters. The van der Waals surface area contributed by atoms with Crippen LogP contribution in [0.25, 0.3) is 0 Å². The molecule has 8 nitrogen and oxygen atoms in total. The zero-order valence-electron chi connectivity index (χ0n) is 4.36. The molecule has 0 aliphatic carbocycles. The summed E-state index contributed by atoms with van der Waals surface area (Å²) in [4.78, 5) is 0. The van der Waals surface area contributed by atoms with Crippen LogP contribution in [0.3, 0.4) is 0 Å². The van der Waals surface area contributed by atoms with Crippen LogP contribution in [0.1, 0.15) is 0 Å². The molecular weight excluding hydrogens is 219 g/mol. The van der Waals surface area contributed by atoms with Gasteiger partial charge in [0.1, 0.15) is 0 Å². The van der Waals surface area contributed by atoms with Gasteiger partial charge in [-0.3, -0.25) is 8.42 Å². The minimum Gasteiger partial charge on any atom is -0.759 e. The summed E-state index contributed by atoms with van der Waals surface area (Å²) in [5.74, 6) is 0. The second-order valence-electron chi connectivity index (χ2n) is 0.408. The van der Waals surface area contributed by atoms with E-state index in [2.05, 4.69) is 0 Å². The third-order valence-electron chi connectivity index (χ3n) is 0. The van der Waals surface area contributed by atoms with Gasteiger partial charge < -0.3 is 31.0 Å². The summed E-state index contributed by atoms with van der Waals surface area (Å²) in [5.41, 5.74) is 0. The number of hydrogen-bond acceptors (Lipinski definition) is 4. The molecule has 0 rings (SSSR count). The fraction of sp³-hybridized carbons (Fsp3) is 0. The molecule has 0 radical (unpaired) electrons. The van der Waals surface area contributed by atoms with E-state index in [1.165, 1.54) is 0 Å². The first-order valence-corrected chi connectivity index (χ1v) is 2.00. The van der Waals surface area contributed by atoms with Crippen LogP contribution in [0.5, 0.6) is 0 Å². The van der Waals surface area contributed by atoms with Crippen molar-refractivity contribution >= 4 is 10.4 Å². The molecule has 0 unspecified atom stereocenters. The van der Waals surface area contributed by atoms with Crippen molar-refractivity contribution < 1.29 is 55.9 Å². The standard InChI is InChI=1S/Ni.H2O4S.4H2O/c;1-5(2,3)4;;;;/h;(H2,1,2,3,4);4*1H2/q+2;;;;;/p-2. The van der Waals surface area contributed by atoms with Gasteiger partial charge in [-0.25, -0.2) is 0 Å². The third-order valence-corrected chi connectivity index (χ3v) is 0. The van der Waals surface area contributed by atoms with Gasteiger partial charge in [-0.2, -0.15) is 0 Å². The Hall–Kier alpha value is 0.204. The van der Waals surface area contributed by atoms with E-state index in [-0.39, 0.29) is 38.4 Å². The van der Waals surface area contributed by atoms with Crippen molar-refractivity contribution in [1.82, 2.24) is 0 Å². The van der Waals surface area contributed by atoms with Crippen molar-refractivity contribution in [3.63, 3.8) is 0 Å². The van der Waals surface area contributed by atoms with Crippen LogP contribution in [-0.4, -0.2) is 39.4 Å². The van der Waals surface area contributed by atoms with E-state index >= 15 is 0 Å². The molecule has 0 saturated heterocycles. The average Bonchev–Trinajstić information content (AvgIpc) is 0.722. The maximum absolute atomic E-state index is 8.52. The predicted molar refractivity (Wildman–Crippen MR) is 24.9 cm³/mol. The minimum atomic E-state index is -5.17. The summed E-state index contributed by atoms with van der Waals surface area (Å²) in [6.07, 6.45) is 0. The molecule has 0 saturated carbocycles. The van der Waals surface area contributed by atoms with Crippen LogP contribution >= 0.6 is 0 Å². The van der Waals surface area contributed by atoms with E-state index in [1.54, 1.807) is 0 Å². The molecule has 0 heterocycles. The molecule has 0 aliphatic rings. The SMILES string of the molecule is O.O.O.O.O=S(=O)([O-])[O-].[Ni+2]. The molecule has 0 aromatic heterocycles. The van der Waals surface area contributed by atoms with Crippen molar-refractivity contribution in [2.75, 3.05) is 0 Å². The van der Waals surface area contributed by atoms with E-state index in [4.69, 9.17) is 17.5 Å². The zero-order chi connectivity index (χ0) is 4.50. The van der Waals surface area contributed by atoms with Crippen molar-refractivity contribution in [1.29, 1.82) is 0 Å². The fourth-order valence-electron chi connectivity index (χ4n) is 0. The Morgan fingerprint density at radius 3 is 0.800 bits per heavy atom. The maximum Gasteiger partial charge on any atom is 2.00 e. The Morgan fingerprint density at radius 1 is 0.800 bits per heavy atom. The third kappa shape index (κ3) is 10300. The molecule has 0 amide bonds. The van der Waals surface area contributed by atoms with E-state index in [9.17, 15) is 0 Å². The molecule has 10 heavy (non-hydrogen) atoms. The van der Waals surface area contributed by atoms with Gasteiger partial charge in [-0.15, -0.1) is 0 Å². The molecule has 0 fully saturated rings. The molecule has 0 aliphatic heterocycles. The van der Waals surface area contributed by atoms with Crippen LogP contribution in [-0.2, 0) is 26.9 Å². The van der Waals surface area contributed by atoms with Gasteiger partial charge in [0.2, 0.25) is 0 Å². The van der Waals surface area contributed by atoms with Crippen LogP contribution in [0.15, 0.2) is 0 Å². The van der Waals surface area contributed by atoms with Crippen molar-refractivity contribution in [2.24, 2.45) is 0 Å². The van der Waals surface area contributed by atoms with Gasteiger partial charge in [0, 0.05) is 10.4 Å².